The molecule has 0 aliphatic rings. The number of hydrogen-bond acceptors (Lipinski definition) is 4. The first-order valence-corrected chi connectivity index (χ1v) is 10.6. The SMILES string of the molecule is CNC(=O)Nc1ccc(NC(=O)c2ccc(NS(=O)(=O)c3ccc(F)c(F)c3)cc2)cc1. The van der Waals surface area contributed by atoms with E-state index in [1.54, 1.807) is 24.3 Å². The van der Waals surface area contributed by atoms with E-state index in [1.165, 1.54) is 31.3 Å². The summed E-state index contributed by atoms with van der Waals surface area (Å²) in [5.74, 6) is -2.87. The lowest BCUT2D eigenvalue weighted by atomic mass is 10.2. The van der Waals surface area contributed by atoms with E-state index in [1.807, 2.05) is 0 Å². The van der Waals surface area contributed by atoms with Crippen LogP contribution in [0.3, 0.4) is 0 Å². The summed E-state index contributed by atoms with van der Waals surface area (Å²) in [7, 11) is -2.65. The lowest BCUT2D eigenvalue weighted by Crippen LogP contribution is -2.24. The Morgan fingerprint density at radius 1 is 0.750 bits per heavy atom. The molecule has 0 radical (unpaired) electrons. The van der Waals surface area contributed by atoms with Crippen molar-refractivity contribution in [1.29, 1.82) is 0 Å². The zero-order valence-electron chi connectivity index (χ0n) is 16.6. The Balaban J connectivity index is 1.65. The van der Waals surface area contributed by atoms with Gasteiger partial charge in [-0.2, -0.15) is 0 Å². The first kappa shape index (κ1) is 22.7. The maximum Gasteiger partial charge on any atom is 0.318 e. The summed E-state index contributed by atoms with van der Waals surface area (Å²) >= 11 is 0. The van der Waals surface area contributed by atoms with Crippen LogP contribution in [0, 0.1) is 11.6 Å². The van der Waals surface area contributed by atoms with Crippen LogP contribution in [0.15, 0.2) is 71.6 Å². The average Bonchev–Trinajstić information content (AvgIpc) is 2.77. The monoisotopic (exact) mass is 460 g/mol. The number of carbonyl (C=O) groups is 2. The Labute approximate surface area is 182 Å². The minimum atomic E-state index is -4.14. The second-order valence-electron chi connectivity index (χ2n) is 6.49. The third-order valence-corrected chi connectivity index (χ3v) is 5.61. The number of urea groups is 1. The van der Waals surface area contributed by atoms with E-state index in [0.29, 0.717) is 17.4 Å². The van der Waals surface area contributed by atoms with Crippen molar-refractivity contribution in [2.75, 3.05) is 22.4 Å². The van der Waals surface area contributed by atoms with Crippen molar-refractivity contribution in [3.8, 4) is 0 Å². The lowest BCUT2D eigenvalue weighted by molar-refractivity contribution is 0.102. The molecule has 0 fully saturated rings. The number of hydrogen-bond donors (Lipinski definition) is 4. The minimum Gasteiger partial charge on any atom is -0.341 e. The lowest BCUT2D eigenvalue weighted by Gasteiger charge is -2.10. The van der Waals surface area contributed by atoms with Crippen LogP contribution >= 0.6 is 0 Å². The highest BCUT2D eigenvalue weighted by Crippen LogP contribution is 2.20. The Hall–Kier alpha value is -3.99. The van der Waals surface area contributed by atoms with Crippen molar-refractivity contribution in [2.24, 2.45) is 0 Å². The van der Waals surface area contributed by atoms with Crippen LogP contribution in [-0.4, -0.2) is 27.4 Å². The molecule has 0 heterocycles. The molecule has 3 aromatic rings. The molecule has 0 bridgehead atoms. The van der Waals surface area contributed by atoms with Crippen LogP contribution in [0.2, 0.25) is 0 Å². The molecule has 0 aromatic heterocycles. The van der Waals surface area contributed by atoms with Gasteiger partial charge in [-0.3, -0.25) is 9.52 Å². The van der Waals surface area contributed by atoms with Gasteiger partial charge in [0.05, 0.1) is 4.90 Å². The van der Waals surface area contributed by atoms with Crippen LogP contribution in [0.25, 0.3) is 0 Å². The van der Waals surface area contributed by atoms with Crippen LogP contribution in [-0.2, 0) is 10.0 Å². The first-order chi connectivity index (χ1) is 15.2. The number of carbonyl (C=O) groups excluding carboxylic acids is 2. The van der Waals surface area contributed by atoms with E-state index in [0.717, 1.165) is 12.1 Å². The molecule has 8 nitrogen and oxygen atoms in total. The second-order valence-corrected chi connectivity index (χ2v) is 8.18. The van der Waals surface area contributed by atoms with Crippen LogP contribution in [0.4, 0.5) is 30.6 Å². The van der Waals surface area contributed by atoms with Gasteiger partial charge in [0, 0.05) is 29.7 Å². The van der Waals surface area contributed by atoms with Crippen molar-refractivity contribution < 1.29 is 26.8 Å². The molecule has 0 saturated heterocycles. The quantitative estimate of drug-likeness (QED) is 0.448. The zero-order chi connectivity index (χ0) is 23.3. The molecular weight excluding hydrogens is 442 g/mol. The number of sulfonamides is 1. The van der Waals surface area contributed by atoms with Gasteiger partial charge in [0.2, 0.25) is 0 Å². The summed E-state index contributed by atoms with van der Waals surface area (Å²) in [6.07, 6.45) is 0. The maximum absolute atomic E-state index is 13.3. The fraction of sp³-hybridized carbons (Fsp3) is 0.0476. The minimum absolute atomic E-state index is 0.135. The number of anilines is 3. The van der Waals surface area contributed by atoms with Crippen molar-refractivity contribution in [2.45, 2.75) is 4.90 Å². The van der Waals surface area contributed by atoms with Crippen molar-refractivity contribution in [1.82, 2.24) is 5.32 Å². The van der Waals surface area contributed by atoms with Crippen molar-refractivity contribution in [3.05, 3.63) is 83.9 Å². The molecule has 32 heavy (non-hydrogen) atoms. The summed E-state index contributed by atoms with van der Waals surface area (Å²) in [5.41, 5.74) is 1.42. The molecule has 0 aliphatic carbocycles. The standard InChI is InChI=1S/C21H18F2N4O4S/c1-24-21(29)26-15-8-6-14(7-9-15)25-20(28)13-2-4-16(5-3-13)27-32(30,31)17-10-11-18(22)19(23)12-17/h2-12,27H,1H3,(H,25,28)(H2,24,26,29). The third kappa shape index (κ3) is 5.58. The van der Waals surface area contributed by atoms with Crippen molar-refractivity contribution in [3.63, 3.8) is 0 Å². The van der Waals surface area contributed by atoms with Gasteiger partial charge >= 0.3 is 6.03 Å². The number of benzene rings is 3. The molecule has 166 valence electrons. The molecule has 4 N–H and O–H groups in total. The highest BCUT2D eigenvalue weighted by molar-refractivity contribution is 7.92. The number of amides is 3. The molecule has 11 heteroatoms. The predicted octanol–water partition coefficient (Wildman–Crippen LogP) is 3.77. The predicted molar refractivity (Wildman–Crippen MR) is 116 cm³/mol. The number of nitrogens with one attached hydrogen (secondary N) is 4. The fourth-order valence-corrected chi connectivity index (χ4v) is 3.65. The fourth-order valence-electron chi connectivity index (χ4n) is 2.58. The van der Waals surface area contributed by atoms with E-state index >= 15 is 0 Å². The number of rotatable bonds is 6. The van der Waals surface area contributed by atoms with Gasteiger partial charge in [0.25, 0.3) is 15.9 Å². The highest BCUT2D eigenvalue weighted by atomic mass is 32.2. The Kier molecular flexibility index (Phi) is 6.69. The molecule has 3 amide bonds. The Bertz CT molecular complexity index is 1250. The summed E-state index contributed by atoms with van der Waals surface area (Å²) in [6, 6.07) is 13.8. The largest absolute Gasteiger partial charge is 0.341 e. The molecule has 0 atom stereocenters. The average molecular weight is 460 g/mol. The normalized spacial score (nSPS) is 10.8. The molecule has 3 rings (SSSR count). The van der Waals surface area contributed by atoms with Gasteiger partial charge in [-0.05, 0) is 66.7 Å². The Morgan fingerprint density at radius 2 is 1.31 bits per heavy atom. The van der Waals surface area contributed by atoms with Gasteiger partial charge in [-0.25, -0.2) is 22.0 Å². The third-order valence-electron chi connectivity index (χ3n) is 4.23. The molecule has 0 aliphatic heterocycles. The van der Waals surface area contributed by atoms with Crippen LogP contribution in [0.5, 0.6) is 0 Å². The molecule has 0 saturated carbocycles. The van der Waals surface area contributed by atoms with E-state index in [9.17, 15) is 26.8 Å². The summed E-state index contributed by atoms with van der Waals surface area (Å²) in [4.78, 5) is 23.3. The molecule has 3 aromatic carbocycles. The Morgan fingerprint density at radius 3 is 1.88 bits per heavy atom. The zero-order valence-corrected chi connectivity index (χ0v) is 17.5. The van der Waals surface area contributed by atoms with Gasteiger partial charge in [0.1, 0.15) is 0 Å². The topological polar surface area (TPSA) is 116 Å². The molecule has 0 unspecified atom stereocenters. The molecular formula is C21H18F2N4O4S. The van der Waals surface area contributed by atoms with E-state index in [4.69, 9.17) is 0 Å². The van der Waals surface area contributed by atoms with Crippen LogP contribution in [0.1, 0.15) is 10.4 Å². The van der Waals surface area contributed by atoms with E-state index < -0.39 is 32.5 Å². The summed E-state index contributed by atoms with van der Waals surface area (Å²) in [5, 5.41) is 7.68. The number of halogens is 2. The maximum atomic E-state index is 13.3. The first-order valence-electron chi connectivity index (χ1n) is 9.16. The molecule has 0 spiro atoms. The van der Waals surface area contributed by atoms with Gasteiger partial charge in [-0.15, -0.1) is 0 Å². The van der Waals surface area contributed by atoms with Crippen molar-refractivity contribution >= 4 is 39.0 Å². The van der Waals surface area contributed by atoms with Gasteiger partial charge in [0.15, 0.2) is 11.6 Å². The van der Waals surface area contributed by atoms with Gasteiger partial charge < -0.3 is 16.0 Å². The summed E-state index contributed by atoms with van der Waals surface area (Å²) in [6.45, 7) is 0. The van der Waals surface area contributed by atoms with Crippen LogP contribution < -0.4 is 20.7 Å². The second kappa shape index (κ2) is 9.43. The van der Waals surface area contributed by atoms with E-state index in [2.05, 4.69) is 20.7 Å². The van der Waals surface area contributed by atoms with Gasteiger partial charge in [-0.1, -0.05) is 0 Å². The highest BCUT2D eigenvalue weighted by Gasteiger charge is 2.17. The van der Waals surface area contributed by atoms with E-state index in [-0.39, 0.29) is 17.3 Å². The summed E-state index contributed by atoms with van der Waals surface area (Å²) < 4.78 is 53.3. The smallest absolute Gasteiger partial charge is 0.318 e.